The lowest BCUT2D eigenvalue weighted by atomic mass is 9.87. The molecule has 1 aromatic carbocycles. The minimum atomic E-state index is -0.261. The van der Waals surface area contributed by atoms with Gasteiger partial charge in [-0.2, -0.15) is 0 Å². The number of hydrogen-bond acceptors (Lipinski definition) is 1. The van der Waals surface area contributed by atoms with Crippen molar-refractivity contribution in [1.82, 2.24) is 0 Å². The molecular formula is C14H18BrClFN. The second-order valence-corrected chi connectivity index (χ2v) is 6.33. The van der Waals surface area contributed by atoms with E-state index < -0.39 is 0 Å². The van der Waals surface area contributed by atoms with E-state index in [1.807, 2.05) is 0 Å². The summed E-state index contributed by atoms with van der Waals surface area (Å²) in [5.41, 5.74) is 6.80. The quantitative estimate of drug-likeness (QED) is 0.583. The van der Waals surface area contributed by atoms with Gasteiger partial charge in [0.2, 0.25) is 0 Å². The fourth-order valence-corrected chi connectivity index (χ4v) is 3.20. The lowest BCUT2D eigenvalue weighted by molar-refractivity contribution is 0.373. The Kier molecular flexibility index (Phi) is 5.05. The van der Waals surface area contributed by atoms with Crippen molar-refractivity contribution in [3.63, 3.8) is 0 Å². The molecule has 0 radical (unpaired) electrons. The Morgan fingerprint density at radius 1 is 1.22 bits per heavy atom. The van der Waals surface area contributed by atoms with Crippen LogP contribution in [-0.4, -0.2) is 0 Å². The molecule has 0 bridgehead atoms. The summed E-state index contributed by atoms with van der Waals surface area (Å²) in [6.07, 6.45) is 7.12. The second-order valence-electron chi connectivity index (χ2n) is 5.07. The number of nitrogens with two attached hydrogens (primary N) is 1. The molecule has 1 saturated carbocycles. The summed E-state index contributed by atoms with van der Waals surface area (Å²) in [6, 6.07) is 2.83. The van der Waals surface area contributed by atoms with Crippen molar-refractivity contribution in [3.05, 3.63) is 33.0 Å². The van der Waals surface area contributed by atoms with Gasteiger partial charge in [-0.1, -0.05) is 37.3 Å². The number of benzene rings is 1. The third-order valence-electron chi connectivity index (χ3n) is 3.81. The summed E-state index contributed by atoms with van der Waals surface area (Å²) in [5, 5.41) is 0.524. The standard InChI is InChI=1S/C14H18BrClFN/c15-11-8-13(17)10(7-12(11)16)14(18)9-5-3-1-2-4-6-9/h7-9,14H,1-6,18H2. The molecule has 18 heavy (non-hydrogen) atoms. The van der Waals surface area contributed by atoms with Crippen molar-refractivity contribution in [3.8, 4) is 0 Å². The van der Waals surface area contributed by atoms with Crippen LogP contribution in [0.5, 0.6) is 0 Å². The largest absolute Gasteiger partial charge is 0.324 e. The maximum absolute atomic E-state index is 14.0. The molecule has 1 nitrogen and oxygen atoms in total. The van der Waals surface area contributed by atoms with Gasteiger partial charge in [0, 0.05) is 16.1 Å². The molecule has 1 unspecified atom stereocenters. The lowest BCUT2D eigenvalue weighted by Gasteiger charge is -2.23. The predicted octanol–water partition coefficient (Wildman–Crippen LogP) is 5.21. The van der Waals surface area contributed by atoms with Crippen LogP contribution >= 0.6 is 27.5 Å². The minimum absolute atomic E-state index is 0.242. The zero-order chi connectivity index (χ0) is 13.1. The molecule has 2 rings (SSSR count). The first kappa shape index (κ1) is 14.3. The van der Waals surface area contributed by atoms with Crippen molar-refractivity contribution in [2.75, 3.05) is 0 Å². The summed E-state index contributed by atoms with van der Waals surface area (Å²) in [4.78, 5) is 0. The molecule has 0 spiro atoms. The van der Waals surface area contributed by atoms with Crippen LogP contribution in [-0.2, 0) is 0 Å². The van der Waals surface area contributed by atoms with E-state index in [0.29, 0.717) is 21.0 Å². The van der Waals surface area contributed by atoms with E-state index in [1.165, 1.54) is 31.7 Å². The molecule has 0 amide bonds. The summed E-state index contributed by atoms with van der Waals surface area (Å²) in [5.74, 6) is 0.113. The third-order valence-corrected chi connectivity index (χ3v) is 5.00. The van der Waals surface area contributed by atoms with Crippen LogP contribution in [0.1, 0.15) is 50.1 Å². The monoisotopic (exact) mass is 333 g/mol. The SMILES string of the molecule is NC(c1cc(Cl)c(Br)cc1F)C1CCCCCC1. The zero-order valence-electron chi connectivity index (χ0n) is 10.3. The van der Waals surface area contributed by atoms with E-state index in [4.69, 9.17) is 17.3 Å². The van der Waals surface area contributed by atoms with Crippen molar-refractivity contribution < 1.29 is 4.39 Å². The van der Waals surface area contributed by atoms with Crippen molar-refractivity contribution in [2.45, 2.75) is 44.6 Å². The Balaban J connectivity index is 2.21. The zero-order valence-corrected chi connectivity index (χ0v) is 12.6. The first-order chi connectivity index (χ1) is 8.59. The summed E-state index contributed by atoms with van der Waals surface area (Å²) in [7, 11) is 0. The van der Waals surface area contributed by atoms with Crippen molar-refractivity contribution >= 4 is 27.5 Å². The van der Waals surface area contributed by atoms with E-state index in [2.05, 4.69) is 15.9 Å². The predicted molar refractivity (Wildman–Crippen MR) is 77.2 cm³/mol. The van der Waals surface area contributed by atoms with Crippen LogP contribution in [0, 0.1) is 11.7 Å². The Bertz CT molecular complexity index is 417. The minimum Gasteiger partial charge on any atom is -0.324 e. The van der Waals surface area contributed by atoms with Gasteiger partial charge in [0.05, 0.1) is 5.02 Å². The maximum atomic E-state index is 14.0. The molecule has 100 valence electrons. The first-order valence-corrected chi connectivity index (χ1v) is 7.66. The van der Waals surface area contributed by atoms with Gasteiger partial charge in [0.1, 0.15) is 5.82 Å². The normalized spacial score (nSPS) is 19.6. The highest BCUT2D eigenvalue weighted by Gasteiger charge is 2.24. The van der Waals surface area contributed by atoms with E-state index in [9.17, 15) is 4.39 Å². The van der Waals surface area contributed by atoms with E-state index >= 15 is 0 Å². The van der Waals surface area contributed by atoms with Crippen LogP contribution in [0.4, 0.5) is 4.39 Å². The van der Waals surface area contributed by atoms with Crippen LogP contribution < -0.4 is 5.73 Å². The van der Waals surface area contributed by atoms with Gasteiger partial charge in [0.15, 0.2) is 0 Å². The van der Waals surface area contributed by atoms with Gasteiger partial charge in [0.25, 0.3) is 0 Å². The topological polar surface area (TPSA) is 26.0 Å². The highest BCUT2D eigenvalue weighted by atomic mass is 79.9. The Morgan fingerprint density at radius 2 is 1.83 bits per heavy atom. The molecule has 0 heterocycles. The molecular weight excluding hydrogens is 317 g/mol. The van der Waals surface area contributed by atoms with E-state index in [-0.39, 0.29) is 11.9 Å². The second kappa shape index (κ2) is 6.36. The Hall–Kier alpha value is -0.120. The average Bonchev–Trinajstić information content (AvgIpc) is 2.61. The van der Waals surface area contributed by atoms with Gasteiger partial charge in [-0.15, -0.1) is 0 Å². The third kappa shape index (κ3) is 3.25. The summed E-state index contributed by atoms with van der Waals surface area (Å²) in [6.45, 7) is 0. The van der Waals surface area contributed by atoms with E-state index in [0.717, 1.165) is 12.8 Å². The van der Waals surface area contributed by atoms with Gasteiger partial charge < -0.3 is 5.73 Å². The first-order valence-electron chi connectivity index (χ1n) is 6.49. The fraction of sp³-hybridized carbons (Fsp3) is 0.571. The van der Waals surface area contributed by atoms with Gasteiger partial charge in [-0.25, -0.2) is 4.39 Å². The van der Waals surface area contributed by atoms with Crippen LogP contribution in [0.2, 0.25) is 5.02 Å². The van der Waals surface area contributed by atoms with Crippen molar-refractivity contribution in [1.29, 1.82) is 0 Å². The van der Waals surface area contributed by atoms with Crippen molar-refractivity contribution in [2.24, 2.45) is 11.7 Å². The molecule has 1 aromatic rings. The summed E-state index contributed by atoms with van der Waals surface area (Å²) < 4.78 is 14.6. The summed E-state index contributed by atoms with van der Waals surface area (Å²) >= 11 is 9.26. The molecule has 1 aliphatic carbocycles. The van der Waals surface area contributed by atoms with Crippen LogP contribution in [0.3, 0.4) is 0 Å². The molecule has 0 aromatic heterocycles. The molecule has 4 heteroatoms. The highest BCUT2D eigenvalue weighted by Crippen LogP contribution is 2.35. The van der Waals surface area contributed by atoms with E-state index in [1.54, 1.807) is 6.07 Å². The van der Waals surface area contributed by atoms with Crippen LogP contribution in [0.25, 0.3) is 0 Å². The smallest absolute Gasteiger partial charge is 0.129 e. The average molecular weight is 335 g/mol. The number of hydrogen-bond donors (Lipinski definition) is 1. The molecule has 1 fully saturated rings. The molecule has 1 atom stereocenters. The van der Waals surface area contributed by atoms with Gasteiger partial charge in [-0.3, -0.25) is 0 Å². The lowest BCUT2D eigenvalue weighted by Crippen LogP contribution is -2.22. The molecule has 1 aliphatic rings. The number of rotatable bonds is 2. The molecule has 2 N–H and O–H groups in total. The fourth-order valence-electron chi connectivity index (χ4n) is 2.72. The number of halogens is 3. The molecule has 0 aliphatic heterocycles. The maximum Gasteiger partial charge on any atom is 0.129 e. The van der Waals surface area contributed by atoms with Gasteiger partial charge >= 0.3 is 0 Å². The molecule has 0 saturated heterocycles. The van der Waals surface area contributed by atoms with Gasteiger partial charge in [-0.05, 0) is 46.8 Å². The Labute approximate surface area is 121 Å². The Morgan fingerprint density at radius 3 is 2.44 bits per heavy atom. The highest BCUT2D eigenvalue weighted by molar-refractivity contribution is 9.10. The van der Waals surface area contributed by atoms with Crippen LogP contribution in [0.15, 0.2) is 16.6 Å².